The number of rotatable bonds is 5. The number of halogens is 3. The molecule has 0 spiro atoms. The molecule has 0 atom stereocenters. The number of aliphatic hydroxyl groups excluding tert-OH is 1. The molecule has 0 amide bonds. The number of hydrogen-bond acceptors (Lipinski definition) is 3. The first-order valence-corrected chi connectivity index (χ1v) is 6.14. The monoisotopic (exact) mass is 298 g/mol. The summed E-state index contributed by atoms with van der Waals surface area (Å²) < 4.78 is 46.3. The molecule has 0 aliphatic carbocycles. The van der Waals surface area contributed by atoms with Gasteiger partial charge in [0.1, 0.15) is 6.61 Å². The van der Waals surface area contributed by atoms with Crippen LogP contribution in [0.25, 0.3) is 0 Å². The largest absolute Gasteiger partial charge is 0.573 e. The topological polar surface area (TPSA) is 38.7 Å². The Labute approximate surface area is 119 Å². The van der Waals surface area contributed by atoms with E-state index in [0.717, 1.165) is 11.6 Å². The van der Waals surface area contributed by atoms with Crippen LogP contribution in [0.1, 0.15) is 11.1 Å². The summed E-state index contributed by atoms with van der Waals surface area (Å²) in [6.07, 6.45) is -4.80. The Hall–Kier alpha value is -2.21. The zero-order valence-corrected chi connectivity index (χ0v) is 10.9. The van der Waals surface area contributed by atoms with Gasteiger partial charge in [-0.15, -0.1) is 13.2 Å². The van der Waals surface area contributed by atoms with Crippen molar-refractivity contribution in [3.63, 3.8) is 0 Å². The molecule has 6 heteroatoms. The molecule has 21 heavy (non-hydrogen) atoms. The van der Waals surface area contributed by atoms with E-state index < -0.39 is 12.1 Å². The SMILES string of the molecule is OCc1ccc(OC(F)(F)F)c(OCc2ccccc2)c1. The molecule has 0 aliphatic heterocycles. The van der Waals surface area contributed by atoms with Crippen LogP contribution >= 0.6 is 0 Å². The second-order valence-electron chi connectivity index (χ2n) is 4.26. The molecule has 2 rings (SSSR count). The van der Waals surface area contributed by atoms with E-state index in [1.54, 1.807) is 24.3 Å². The molecule has 0 radical (unpaired) electrons. The fourth-order valence-electron chi connectivity index (χ4n) is 1.71. The molecule has 3 nitrogen and oxygen atoms in total. The Balaban J connectivity index is 2.18. The lowest BCUT2D eigenvalue weighted by Gasteiger charge is -2.15. The van der Waals surface area contributed by atoms with E-state index >= 15 is 0 Å². The first-order valence-electron chi connectivity index (χ1n) is 6.14. The van der Waals surface area contributed by atoms with Gasteiger partial charge in [0, 0.05) is 0 Å². The summed E-state index contributed by atoms with van der Waals surface area (Å²) in [5.74, 6) is -0.502. The van der Waals surface area contributed by atoms with E-state index in [-0.39, 0.29) is 19.0 Å². The van der Waals surface area contributed by atoms with Crippen molar-refractivity contribution in [3.05, 3.63) is 59.7 Å². The van der Waals surface area contributed by atoms with Crippen molar-refractivity contribution in [2.75, 3.05) is 0 Å². The Kier molecular flexibility index (Phi) is 4.70. The van der Waals surface area contributed by atoms with E-state index in [0.29, 0.717) is 5.56 Å². The van der Waals surface area contributed by atoms with E-state index in [4.69, 9.17) is 9.84 Å². The molecule has 0 saturated heterocycles. The van der Waals surface area contributed by atoms with Crippen molar-refractivity contribution in [3.8, 4) is 11.5 Å². The normalized spacial score (nSPS) is 11.2. The molecule has 0 saturated carbocycles. The van der Waals surface area contributed by atoms with Crippen LogP contribution in [0.15, 0.2) is 48.5 Å². The summed E-state index contributed by atoms with van der Waals surface area (Å²) in [5, 5.41) is 9.05. The summed E-state index contributed by atoms with van der Waals surface area (Å²) in [7, 11) is 0. The molecule has 1 N–H and O–H groups in total. The highest BCUT2D eigenvalue weighted by molar-refractivity contribution is 5.43. The first-order chi connectivity index (χ1) is 9.98. The van der Waals surface area contributed by atoms with Crippen LogP contribution in [-0.4, -0.2) is 11.5 Å². The Bertz CT molecular complexity index is 582. The zero-order valence-electron chi connectivity index (χ0n) is 10.9. The number of ether oxygens (including phenoxy) is 2. The number of aliphatic hydroxyl groups is 1. The molecule has 112 valence electrons. The van der Waals surface area contributed by atoms with E-state index in [1.165, 1.54) is 12.1 Å². The lowest BCUT2D eigenvalue weighted by atomic mass is 10.2. The number of benzene rings is 2. The van der Waals surface area contributed by atoms with E-state index in [9.17, 15) is 13.2 Å². The highest BCUT2D eigenvalue weighted by Crippen LogP contribution is 2.33. The second-order valence-corrected chi connectivity index (χ2v) is 4.26. The van der Waals surface area contributed by atoms with Crippen LogP contribution in [0.2, 0.25) is 0 Å². The molecule has 0 bridgehead atoms. The maximum absolute atomic E-state index is 12.3. The van der Waals surface area contributed by atoms with Gasteiger partial charge in [0.2, 0.25) is 0 Å². The number of alkyl halides is 3. The summed E-state index contributed by atoms with van der Waals surface area (Å²) in [4.78, 5) is 0. The minimum atomic E-state index is -4.80. The molecular formula is C15H13F3O3. The third-order valence-corrected chi connectivity index (χ3v) is 2.65. The third-order valence-electron chi connectivity index (χ3n) is 2.65. The average molecular weight is 298 g/mol. The molecule has 0 aliphatic rings. The highest BCUT2D eigenvalue weighted by Gasteiger charge is 2.32. The average Bonchev–Trinajstić information content (AvgIpc) is 2.46. The third kappa shape index (κ3) is 4.68. The summed E-state index contributed by atoms with van der Waals surface area (Å²) in [6.45, 7) is -0.196. The van der Waals surface area contributed by atoms with Crippen LogP contribution in [0, 0.1) is 0 Å². The maximum atomic E-state index is 12.3. The molecule has 2 aromatic rings. The molecule has 0 heterocycles. The van der Waals surface area contributed by atoms with Crippen LogP contribution in [-0.2, 0) is 13.2 Å². The van der Waals surface area contributed by atoms with Gasteiger partial charge in [0.05, 0.1) is 6.61 Å². The molecule has 0 fully saturated rings. The van der Waals surface area contributed by atoms with Crippen molar-refractivity contribution in [2.24, 2.45) is 0 Å². The molecule has 0 aromatic heterocycles. The lowest BCUT2D eigenvalue weighted by molar-refractivity contribution is -0.275. The fourth-order valence-corrected chi connectivity index (χ4v) is 1.71. The van der Waals surface area contributed by atoms with Crippen LogP contribution in [0.3, 0.4) is 0 Å². The van der Waals surface area contributed by atoms with Crippen molar-refractivity contribution < 1.29 is 27.8 Å². The Morgan fingerprint density at radius 2 is 1.62 bits per heavy atom. The van der Waals surface area contributed by atoms with Gasteiger partial charge >= 0.3 is 6.36 Å². The van der Waals surface area contributed by atoms with Gasteiger partial charge in [0.25, 0.3) is 0 Å². The maximum Gasteiger partial charge on any atom is 0.573 e. The second kappa shape index (κ2) is 6.49. The van der Waals surface area contributed by atoms with Crippen molar-refractivity contribution in [1.29, 1.82) is 0 Å². The van der Waals surface area contributed by atoms with Gasteiger partial charge in [0.15, 0.2) is 11.5 Å². The van der Waals surface area contributed by atoms with E-state index in [2.05, 4.69) is 4.74 Å². The Morgan fingerprint density at radius 1 is 0.905 bits per heavy atom. The van der Waals surface area contributed by atoms with Gasteiger partial charge in [-0.25, -0.2) is 0 Å². The van der Waals surface area contributed by atoms with Crippen LogP contribution < -0.4 is 9.47 Å². The minimum Gasteiger partial charge on any atom is -0.485 e. The van der Waals surface area contributed by atoms with Crippen molar-refractivity contribution >= 4 is 0 Å². The standard InChI is InChI=1S/C15H13F3O3/c16-15(17,18)21-13-7-6-12(9-19)8-14(13)20-10-11-4-2-1-3-5-11/h1-8,19H,9-10H2. The fraction of sp³-hybridized carbons (Fsp3) is 0.200. The predicted octanol–water partition coefficient (Wildman–Crippen LogP) is 3.66. The molecule has 0 unspecified atom stereocenters. The quantitative estimate of drug-likeness (QED) is 0.915. The minimum absolute atomic E-state index is 0.0669. The van der Waals surface area contributed by atoms with Gasteiger partial charge in [-0.2, -0.15) is 0 Å². The van der Waals surface area contributed by atoms with Gasteiger partial charge in [-0.1, -0.05) is 36.4 Å². The number of hydrogen-bond donors (Lipinski definition) is 1. The summed E-state index contributed by atoms with van der Waals surface area (Å²) in [5.41, 5.74) is 1.25. The first kappa shape index (κ1) is 15.2. The van der Waals surface area contributed by atoms with Crippen molar-refractivity contribution in [1.82, 2.24) is 0 Å². The van der Waals surface area contributed by atoms with Crippen molar-refractivity contribution in [2.45, 2.75) is 19.6 Å². The smallest absolute Gasteiger partial charge is 0.485 e. The molecule has 2 aromatic carbocycles. The van der Waals surface area contributed by atoms with Gasteiger partial charge in [-0.3, -0.25) is 0 Å². The predicted molar refractivity (Wildman–Crippen MR) is 69.8 cm³/mol. The summed E-state index contributed by atoms with van der Waals surface area (Å²) in [6, 6.07) is 12.8. The summed E-state index contributed by atoms with van der Waals surface area (Å²) >= 11 is 0. The highest BCUT2D eigenvalue weighted by atomic mass is 19.4. The molecular weight excluding hydrogens is 285 g/mol. The van der Waals surface area contributed by atoms with Crippen LogP contribution in [0.5, 0.6) is 11.5 Å². The Morgan fingerprint density at radius 3 is 2.24 bits per heavy atom. The van der Waals surface area contributed by atoms with Gasteiger partial charge < -0.3 is 14.6 Å². The lowest BCUT2D eigenvalue weighted by Crippen LogP contribution is -2.17. The van der Waals surface area contributed by atoms with E-state index in [1.807, 2.05) is 6.07 Å². The van der Waals surface area contributed by atoms with Crippen LogP contribution in [0.4, 0.5) is 13.2 Å². The van der Waals surface area contributed by atoms with Gasteiger partial charge in [-0.05, 0) is 23.3 Å². The zero-order chi connectivity index (χ0) is 15.3.